The van der Waals surface area contributed by atoms with Gasteiger partial charge in [0.05, 0.1) is 10.6 Å². The number of carbonyl (C=O) groups is 1. The van der Waals surface area contributed by atoms with Crippen LogP contribution in [-0.4, -0.2) is 17.4 Å². The van der Waals surface area contributed by atoms with Crippen LogP contribution in [0.2, 0.25) is 5.02 Å². The molecular formula is C15H15BrClN3O. The largest absolute Gasteiger partial charge is 0.370 e. The molecule has 0 aliphatic heterocycles. The minimum absolute atomic E-state index is 0.265. The number of nitrogens with zero attached hydrogens (tertiary/aromatic N) is 1. The molecule has 2 N–H and O–H groups in total. The van der Waals surface area contributed by atoms with Crippen LogP contribution in [0.1, 0.15) is 22.8 Å². The molecule has 0 spiro atoms. The van der Waals surface area contributed by atoms with Crippen molar-refractivity contribution >= 4 is 44.9 Å². The van der Waals surface area contributed by atoms with Crippen LogP contribution in [0, 0.1) is 6.92 Å². The normalized spacial score (nSPS) is 10.3. The Kier molecular flexibility index (Phi) is 5.20. The molecule has 0 atom stereocenters. The maximum absolute atomic E-state index is 12.3. The summed E-state index contributed by atoms with van der Waals surface area (Å²) in [6.45, 7) is 4.64. The van der Waals surface area contributed by atoms with Gasteiger partial charge in [0, 0.05) is 22.9 Å². The van der Waals surface area contributed by atoms with Crippen molar-refractivity contribution in [3.8, 4) is 0 Å². The molecule has 0 aliphatic carbocycles. The summed E-state index contributed by atoms with van der Waals surface area (Å²) in [6, 6.07) is 7.35. The molecule has 110 valence electrons. The molecule has 1 aromatic heterocycles. The first-order chi connectivity index (χ1) is 9.99. The molecule has 0 aliphatic rings. The van der Waals surface area contributed by atoms with Crippen molar-refractivity contribution in [3.63, 3.8) is 0 Å². The lowest BCUT2D eigenvalue weighted by atomic mass is 10.2. The van der Waals surface area contributed by atoms with Crippen LogP contribution in [0.15, 0.2) is 34.9 Å². The van der Waals surface area contributed by atoms with Gasteiger partial charge < -0.3 is 10.6 Å². The lowest BCUT2D eigenvalue weighted by Crippen LogP contribution is -2.13. The summed E-state index contributed by atoms with van der Waals surface area (Å²) in [4.78, 5) is 16.5. The summed E-state index contributed by atoms with van der Waals surface area (Å²) in [5.41, 5.74) is 2.15. The van der Waals surface area contributed by atoms with Crippen molar-refractivity contribution in [1.82, 2.24) is 4.98 Å². The fraction of sp³-hybridized carbons (Fsp3) is 0.200. The van der Waals surface area contributed by atoms with Gasteiger partial charge >= 0.3 is 0 Å². The Hall–Kier alpha value is -1.59. The maximum Gasteiger partial charge on any atom is 0.257 e. The zero-order valence-corrected chi connectivity index (χ0v) is 14.0. The van der Waals surface area contributed by atoms with Crippen LogP contribution < -0.4 is 10.6 Å². The van der Waals surface area contributed by atoms with Gasteiger partial charge in [-0.15, -0.1) is 0 Å². The predicted molar refractivity (Wildman–Crippen MR) is 90.2 cm³/mol. The monoisotopic (exact) mass is 367 g/mol. The van der Waals surface area contributed by atoms with Crippen LogP contribution in [0.5, 0.6) is 0 Å². The first kappa shape index (κ1) is 15.8. The molecule has 2 rings (SSSR count). The van der Waals surface area contributed by atoms with E-state index >= 15 is 0 Å². The highest BCUT2D eigenvalue weighted by Gasteiger charge is 2.12. The van der Waals surface area contributed by atoms with Crippen molar-refractivity contribution in [2.24, 2.45) is 0 Å². The number of nitrogens with one attached hydrogen (secondary N) is 2. The fourth-order valence-electron chi connectivity index (χ4n) is 1.90. The number of anilines is 2. The third kappa shape index (κ3) is 4.19. The summed E-state index contributed by atoms with van der Waals surface area (Å²) < 4.78 is 0.909. The molecule has 0 saturated carbocycles. The van der Waals surface area contributed by atoms with E-state index < -0.39 is 0 Å². The number of hydrogen-bond donors (Lipinski definition) is 2. The number of aromatic nitrogens is 1. The van der Waals surface area contributed by atoms with Crippen molar-refractivity contribution in [1.29, 1.82) is 0 Å². The SMILES string of the molecule is CCNc1cc(C(=O)Nc2cc(C)cc(Br)c2)c(Cl)cn1. The Bertz CT molecular complexity index is 656. The number of hydrogen-bond acceptors (Lipinski definition) is 3. The number of aryl methyl sites for hydroxylation is 1. The Morgan fingerprint density at radius 2 is 2.10 bits per heavy atom. The van der Waals surface area contributed by atoms with Crippen LogP contribution >= 0.6 is 27.5 Å². The summed E-state index contributed by atoms with van der Waals surface area (Å²) in [6.07, 6.45) is 1.47. The molecule has 21 heavy (non-hydrogen) atoms. The molecule has 4 nitrogen and oxygen atoms in total. The van der Waals surface area contributed by atoms with Gasteiger partial charge in [-0.2, -0.15) is 0 Å². The molecule has 0 saturated heterocycles. The Balaban J connectivity index is 2.25. The molecular weight excluding hydrogens is 354 g/mol. The molecule has 1 amide bonds. The molecule has 6 heteroatoms. The van der Waals surface area contributed by atoms with Gasteiger partial charge in [0.15, 0.2) is 0 Å². The van der Waals surface area contributed by atoms with Crippen molar-refractivity contribution in [2.45, 2.75) is 13.8 Å². The molecule has 2 aromatic rings. The Labute approximate surface area is 137 Å². The van der Waals surface area contributed by atoms with Gasteiger partial charge in [-0.25, -0.2) is 4.98 Å². The second kappa shape index (κ2) is 6.91. The molecule has 1 heterocycles. The summed E-state index contributed by atoms with van der Waals surface area (Å²) in [7, 11) is 0. The summed E-state index contributed by atoms with van der Waals surface area (Å²) >= 11 is 9.47. The molecule has 0 radical (unpaired) electrons. The van der Waals surface area contributed by atoms with E-state index in [1.165, 1.54) is 6.20 Å². The van der Waals surface area contributed by atoms with Gasteiger partial charge in [-0.05, 0) is 43.7 Å². The van der Waals surface area contributed by atoms with E-state index in [2.05, 4.69) is 31.5 Å². The van der Waals surface area contributed by atoms with Crippen LogP contribution in [0.25, 0.3) is 0 Å². The van der Waals surface area contributed by atoms with Gasteiger partial charge in [0.2, 0.25) is 0 Å². The Morgan fingerprint density at radius 3 is 2.76 bits per heavy atom. The molecule has 0 unspecified atom stereocenters. The summed E-state index contributed by atoms with van der Waals surface area (Å²) in [5.74, 6) is 0.358. The second-order valence-corrected chi connectivity index (χ2v) is 5.87. The number of rotatable bonds is 4. The molecule has 1 aromatic carbocycles. The van der Waals surface area contributed by atoms with Gasteiger partial charge in [0.25, 0.3) is 5.91 Å². The number of amides is 1. The average Bonchev–Trinajstić information content (AvgIpc) is 2.40. The van der Waals surface area contributed by atoms with Gasteiger partial charge in [-0.1, -0.05) is 27.5 Å². The van der Waals surface area contributed by atoms with E-state index in [0.29, 0.717) is 22.1 Å². The van der Waals surface area contributed by atoms with Gasteiger partial charge in [-0.3, -0.25) is 4.79 Å². The first-order valence-corrected chi connectivity index (χ1v) is 7.64. The fourth-order valence-corrected chi connectivity index (χ4v) is 2.69. The van der Waals surface area contributed by atoms with Crippen molar-refractivity contribution < 1.29 is 4.79 Å². The lowest BCUT2D eigenvalue weighted by molar-refractivity contribution is 0.102. The smallest absolute Gasteiger partial charge is 0.257 e. The topological polar surface area (TPSA) is 54.0 Å². The predicted octanol–water partition coefficient (Wildman–Crippen LogP) is 4.49. The van der Waals surface area contributed by atoms with Crippen LogP contribution in [0.3, 0.4) is 0 Å². The van der Waals surface area contributed by atoms with Gasteiger partial charge in [0.1, 0.15) is 5.82 Å². The highest BCUT2D eigenvalue weighted by molar-refractivity contribution is 9.10. The third-order valence-electron chi connectivity index (χ3n) is 2.76. The third-order valence-corrected chi connectivity index (χ3v) is 3.52. The van der Waals surface area contributed by atoms with Crippen LogP contribution in [0.4, 0.5) is 11.5 Å². The average molecular weight is 369 g/mol. The maximum atomic E-state index is 12.3. The summed E-state index contributed by atoms with van der Waals surface area (Å²) in [5, 5.41) is 6.22. The van der Waals surface area contributed by atoms with E-state index in [9.17, 15) is 4.79 Å². The van der Waals surface area contributed by atoms with Crippen molar-refractivity contribution in [2.75, 3.05) is 17.2 Å². The van der Waals surface area contributed by atoms with E-state index in [1.807, 2.05) is 32.0 Å². The quantitative estimate of drug-likeness (QED) is 0.836. The lowest BCUT2D eigenvalue weighted by Gasteiger charge is -2.10. The van der Waals surface area contributed by atoms with E-state index in [1.54, 1.807) is 6.07 Å². The van der Waals surface area contributed by atoms with Crippen LogP contribution in [-0.2, 0) is 0 Å². The minimum Gasteiger partial charge on any atom is -0.370 e. The van der Waals surface area contributed by atoms with E-state index in [4.69, 9.17) is 11.6 Å². The first-order valence-electron chi connectivity index (χ1n) is 6.47. The van der Waals surface area contributed by atoms with Crippen molar-refractivity contribution in [3.05, 3.63) is 51.1 Å². The zero-order valence-electron chi connectivity index (χ0n) is 11.7. The molecule has 0 fully saturated rings. The number of benzene rings is 1. The zero-order chi connectivity index (χ0) is 15.4. The highest BCUT2D eigenvalue weighted by Crippen LogP contribution is 2.22. The number of halogens is 2. The standard InChI is InChI=1S/C15H15BrClN3O/c1-3-18-14-7-12(13(17)8-19-14)15(21)20-11-5-9(2)4-10(16)6-11/h4-8H,3H2,1-2H3,(H,18,19)(H,20,21). The van der Waals surface area contributed by atoms with E-state index in [0.717, 1.165) is 16.6 Å². The van der Waals surface area contributed by atoms with E-state index in [-0.39, 0.29) is 5.91 Å². The molecule has 0 bridgehead atoms. The Morgan fingerprint density at radius 1 is 1.33 bits per heavy atom. The highest BCUT2D eigenvalue weighted by atomic mass is 79.9. The number of pyridine rings is 1. The minimum atomic E-state index is -0.265. The second-order valence-electron chi connectivity index (χ2n) is 4.55. The number of carbonyl (C=O) groups excluding carboxylic acids is 1.